The molecule has 1 unspecified atom stereocenters. The molecule has 0 fully saturated rings. The number of amidine groups is 1. The number of halogens is 1. The Labute approximate surface area is 186 Å². The fourth-order valence-corrected chi connectivity index (χ4v) is 4.07. The van der Waals surface area contributed by atoms with Gasteiger partial charge in [-0.1, -0.05) is 6.07 Å². The van der Waals surface area contributed by atoms with Crippen LogP contribution in [0.1, 0.15) is 32.3 Å². The highest BCUT2D eigenvalue weighted by Crippen LogP contribution is 2.46. The number of benzene rings is 1. The summed E-state index contributed by atoms with van der Waals surface area (Å²) in [6, 6.07) is 8.96. The Hall–Kier alpha value is -3.36. The summed E-state index contributed by atoms with van der Waals surface area (Å²) in [5.41, 5.74) is 7.01. The van der Waals surface area contributed by atoms with Crippen LogP contribution in [-0.2, 0) is 15.0 Å². The van der Waals surface area contributed by atoms with E-state index in [4.69, 9.17) is 19.9 Å². The first kappa shape index (κ1) is 21.9. The minimum absolute atomic E-state index is 0.118. The number of nitrogens with zero attached hydrogens (tertiary/aromatic N) is 3. The summed E-state index contributed by atoms with van der Waals surface area (Å²) < 4.78 is 31.3. The van der Waals surface area contributed by atoms with Gasteiger partial charge in [-0.05, 0) is 43.7 Å². The zero-order valence-electron chi connectivity index (χ0n) is 18.4. The van der Waals surface area contributed by atoms with E-state index in [-0.39, 0.29) is 30.9 Å². The molecule has 2 aromatic rings. The number of carbonyl (C=O) groups excluding carboxylic acids is 1. The summed E-state index contributed by atoms with van der Waals surface area (Å²) in [6.07, 6.45) is 1.75. The summed E-state index contributed by atoms with van der Waals surface area (Å²) in [6.45, 7) is 4.35. The Kier molecular flexibility index (Phi) is 5.90. The summed E-state index contributed by atoms with van der Waals surface area (Å²) >= 11 is 0. The average molecular weight is 442 g/mol. The number of nitrogens with two attached hydrogens (primary N) is 1. The quantitative estimate of drug-likeness (QED) is 0.712. The van der Waals surface area contributed by atoms with Gasteiger partial charge < -0.3 is 24.8 Å². The highest BCUT2D eigenvalue weighted by atomic mass is 19.1. The fraction of sp³-hybridized carbons (Fsp3) is 0.435. The zero-order chi connectivity index (χ0) is 22.9. The first-order valence-corrected chi connectivity index (χ1v) is 10.6. The van der Waals surface area contributed by atoms with E-state index in [1.165, 1.54) is 11.1 Å². The van der Waals surface area contributed by atoms with Crippen molar-refractivity contribution in [1.82, 2.24) is 9.88 Å². The van der Waals surface area contributed by atoms with Crippen LogP contribution >= 0.6 is 0 Å². The molecular formula is C23H27FN4O4. The lowest BCUT2D eigenvalue weighted by Gasteiger charge is -2.37. The number of fused-ring (bicyclic) bond motifs is 2. The molecule has 3 heterocycles. The maximum absolute atomic E-state index is 14.3. The van der Waals surface area contributed by atoms with Gasteiger partial charge in [-0.3, -0.25) is 0 Å². The van der Waals surface area contributed by atoms with Crippen molar-refractivity contribution in [2.45, 2.75) is 44.4 Å². The molecule has 2 aliphatic rings. The van der Waals surface area contributed by atoms with Crippen LogP contribution < -0.4 is 10.5 Å². The van der Waals surface area contributed by atoms with Crippen LogP contribution in [0.15, 0.2) is 41.5 Å². The van der Waals surface area contributed by atoms with Crippen molar-refractivity contribution in [3.05, 3.63) is 48.0 Å². The molecule has 2 atom stereocenters. The SMILES string of the molecule is CC(C)OC(=O)N(C)CC[C@H]1CC2(COC(N)=N2)c2cc(-c3cccnc3F)ccc2O1. The minimum Gasteiger partial charge on any atom is -0.490 e. The second kappa shape index (κ2) is 8.64. The molecule has 0 radical (unpaired) electrons. The molecule has 0 aliphatic carbocycles. The largest absolute Gasteiger partial charge is 0.490 e. The Morgan fingerprint density at radius 1 is 1.41 bits per heavy atom. The van der Waals surface area contributed by atoms with Crippen LogP contribution in [0.4, 0.5) is 9.18 Å². The van der Waals surface area contributed by atoms with Gasteiger partial charge in [0.05, 0.1) is 6.10 Å². The van der Waals surface area contributed by atoms with Crippen LogP contribution in [0.25, 0.3) is 11.1 Å². The zero-order valence-corrected chi connectivity index (χ0v) is 18.4. The number of amides is 1. The van der Waals surface area contributed by atoms with E-state index in [0.717, 1.165) is 5.56 Å². The van der Waals surface area contributed by atoms with Gasteiger partial charge in [-0.15, -0.1) is 0 Å². The minimum atomic E-state index is -0.728. The Bertz CT molecular complexity index is 1040. The molecule has 4 rings (SSSR count). The third-order valence-corrected chi connectivity index (χ3v) is 5.63. The number of aromatic nitrogens is 1. The number of hydrogen-bond donors (Lipinski definition) is 1. The standard InChI is InChI=1S/C23H27FN4O4/c1-14(2)31-22(29)28(3)10-8-16-12-23(13-30-21(25)27-23)18-11-15(6-7-19(18)32-16)17-5-4-9-26-20(17)24/h4-7,9,11,14,16H,8,10,12-13H2,1-3H3,(H2,25,27)/t16-,23?/m0/s1. The second-order valence-electron chi connectivity index (χ2n) is 8.41. The lowest BCUT2D eigenvalue weighted by molar-refractivity contribution is 0.0697. The van der Waals surface area contributed by atoms with Gasteiger partial charge in [0.25, 0.3) is 6.02 Å². The Balaban J connectivity index is 1.59. The Morgan fingerprint density at radius 3 is 2.91 bits per heavy atom. The summed E-state index contributed by atoms with van der Waals surface area (Å²) in [5.74, 6) is 0.0990. The summed E-state index contributed by atoms with van der Waals surface area (Å²) in [7, 11) is 1.70. The summed E-state index contributed by atoms with van der Waals surface area (Å²) in [5, 5.41) is 0. The number of pyridine rings is 1. The number of hydrogen-bond acceptors (Lipinski definition) is 7. The molecule has 0 bridgehead atoms. The van der Waals surface area contributed by atoms with Crippen molar-refractivity contribution in [2.75, 3.05) is 20.2 Å². The van der Waals surface area contributed by atoms with Crippen molar-refractivity contribution in [3.8, 4) is 16.9 Å². The highest BCUT2D eigenvalue weighted by Gasteiger charge is 2.46. The Morgan fingerprint density at radius 2 is 2.22 bits per heavy atom. The van der Waals surface area contributed by atoms with Crippen LogP contribution in [-0.4, -0.2) is 54.4 Å². The van der Waals surface area contributed by atoms with Crippen LogP contribution in [0, 0.1) is 5.95 Å². The van der Waals surface area contributed by atoms with Gasteiger partial charge in [0.1, 0.15) is 24.0 Å². The molecule has 0 saturated carbocycles. The molecule has 32 heavy (non-hydrogen) atoms. The normalized spacial score (nSPS) is 21.5. The molecule has 1 aromatic carbocycles. The van der Waals surface area contributed by atoms with E-state index in [0.29, 0.717) is 36.3 Å². The lowest BCUT2D eigenvalue weighted by Crippen LogP contribution is -2.40. The smallest absolute Gasteiger partial charge is 0.409 e. The van der Waals surface area contributed by atoms with E-state index in [9.17, 15) is 9.18 Å². The van der Waals surface area contributed by atoms with Gasteiger partial charge in [0.15, 0.2) is 0 Å². The predicted molar refractivity (Wildman–Crippen MR) is 117 cm³/mol. The number of carbonyl (C=O) groups is 1. The van der Waals surface area contributed by atoms with Crippen molar-refractivity contribution in [3.63, 3.8) is 0 Å². The predicted octanol–water partition coefficient (Wildman–Crippen LogP) is 3.45. The first-order valence-electron chi connectivity index (χ1n) is 10.6. The molecule has 8 nitrogen and oxygen atoms in total. The van der Waals surface area contributed by atoms with E-state index < -0.39 is 11.5 Å². The molecule has 9 heteroatoms. The number of ether oxygens (including phenoxy) is 3. The monoisotopic (exact) mass is 442 g/mol. The van der Waals surface area contributed by atoms with Gasteiger partial charge in [0, 0.05) is 43.8 Å². The third kappa shape index (κ3) is 4.32. The lowest BCUT2D eigenvalue weighted by atomic mass is 9.81. The van der Waals surface area contributed by atoms with Crippen molar-refractivity contribution < 1.29 is 23.4 Å². The number of aliphatic imine (C=N–C) groups is 1. The summed E-state index contributed by atoms with van der Waals surface area (Å²) in [4.78, 5) is 22.0. The average Bonchev–Trinajstić information content (AvgIpc) is 3.12. The molecule has 1 spiro atoms. The van der Waals surface area contributed by atoms with Crippen molar-refractivity contribution in [1.29, 1.82) is 0 Å². The molecule has 2 aliphatic heterocycles. The van der Waals surface area contributed by atoms with Gasteiger partial charge in [0.2, 0.25) is 5.95 Å². The van der Waals surface area contributed by atoms with Gasteiger partial charge in [-0.25, -0.2) is 14.8 Å². The topological polar surface area (TPSA) is 99.3 Å². The van der Waals surface area contributed by atoms with E-state index in [1.807, 2.05) is 26.0 Å². The fourth-order valence-electron chi connectivity index (χ4n) is 4.07. The van der Waals surface area contributed by atoms with E-state index in [2.05, 4.69) is 9.98 Å². The molecule has 1 amide bonds. The maximum Gasteiger partial charge on any atom is 0.409 e. The molecular weight excluding hydrogens is 415 g/mol. The second-order valence-corrected chi connectivity index (χ2v) is 8.41. The van der Waals surface area contributed by atoms with Crippen LogP contribution in [0.5, 0.6) is 5.75 Å². The molecule has 0 saturated heterocycles. The highest BCUT2D eigenvalue weighted by molar-refractivity contribution is 5.75. The van der Waals surface area contributed by atoms with Crippen molar-refractivity contribution in [2.24, 2.45) is 10.7 Å². The van der Waals surface area contributed by atoms with Gasteiger partial charge in [-0.2, -0.15) is 4.39 Å². The maximum atomic E-state index is 14.3. The van der Waals surface area contributed by atoms with Crippen LogP contribution in [0.2, 0.25) is 0 Å². The van der Waals surface area contributed by atoms with E-state index in [1.54, 1.807) is 25.2 Å². The third-order valence-electron chi connectivity index (χ3n) is 5.63. The molecule has 170 valence electrons. The first-order chi connectivity index (χ1) is 15.3. The van der Waals surface area contributed by atoms with Crippen molar-refractivity contribution >= 4 is 12.1 Å². The molecule has 1 aromatic heterocycles. The van der Waals surface area contributed by atoms with Gasteiger partial charge >= 0.3 is 6.09 Å². The van der Waals surface area contributed by atoms with E-state index >= 15 is 0 Å². The van der Waals surface area contributed by atoms with Crippen LogP contribution in [0.3, 0.4) is 0 Å². The molecule has 2 N–H and O–H groups in total. The number of rotatable bonds is 5.